The fraction of sp³-hybridized carbons (Fsp3) is 0.600. The summed E-state index contributed by atoms with van der Waals surface area (Å²) in [5.74, 6) is 2.50. The number of hydrogen-bond donors (Lipinski definition) is 2. The highest BCUT2D eigenvalue weighted by Crippen LogP contribution is 2.25. The predicted molar refractivity (Wildman–Crippen MR) is 83.1 cm³/mol. The van der Waals surface area contributed by atoms with Crippen molar-refractivity contribution in [3.8, 4) is 5.75 Å². The number of thioether (sulfide) groups is 1. The van der Waals surface area contributed by atoms with Gasteiger partial charge in [0.15, 0.2) is 0 Å². The Morgan fingerprint density at radius 2 is 2.11 bits per heavy atom. The Morgan fingerprint density at radius 1 is 1.37 bits per heavy atom. The van der Waals surface area contributed by atoms with Gasteiger partial charge in [0.1, 0.15) is 5.75 Å². The molecular formula is C15H25NO2S. The zero-order chi connectivity index (χ0) is 14.3. The Kier molecular flexibility index (Phi) is 7.28. The molecule has 0 amide bonds. The second-order valence-corrected chi connectivity index (χ2v) is 5.89. The van der Waals surface area contributed by atoms with Crippen LogP contribution in [0, 0.1) is 12.8 Å². The van der Waals surface area contributed by atoms with Gasteiger partial charge in [-0.3, -0.25) is 0 Å². The zero-order valence-corrected chi connectivity index (χ0v) is 13.1. The van der Waals surface area contributed by atoms with E-state index in [2.05, 4.69) is 18.5 Å². The second-order valence-electron chi connectivity index (χ2n) is 4.98. The van der Waals surface area contributed by atoms with Crippen molar-refractivity contribution in [3.05, 3.63) is 29.3 Å². The van der Waals surface area contributed by atoms with Crippen LogP contribution in [-0.2, 0) is 0 Å². The first kappa shape index (κ1) is 16.3. The summed E-state index contributed by atoms with van der Waals surface area (Å²) in [6.07, 6.45) is 1.58. The van der Waals surface area contributed by atoms with Crippen LogP contribution in [0.25, 0.3) is 0 Å². The third-order valence-electron chi connectivity index (χ3n) is 3.03. The van der Waals surface area contributed by atoms with Crippen molar-refractivity contribution < 1.29 is 9.84 Å². The monoisotopic (exact) mass is 283 g/mol. The van der Waals surface area contributed by atoms with Crippen molar-refractivity contribution in [2.75, 3.05) is 32.2 Å². The zero-order valence-electron chi connectivity index (χ0n) is 12.3. The molecule has 1 rings (SSSR count). The molecule has 0 aromatic heterocycles. The maximum Gasteiger partial charge on any atom is 0.124 e. The molecule has 3 nitrogen and oxygen atoms in total. The fourth-order valence-electron chi connectivity index (χ4n) is 2.03. The standard InChI is InChI=1S/C15H25NO2S/c1-11-5-6-15(18-3)13(7-11)14(17)9-16-8-12(2)10-19-4/h5-7,12,14,16-17H,8-10H2,1-4H3. The Labute approximate surface area is 120 Å². The topological polar surface area (TPSA) is 41.5 Å². The number of hydrogen-bond acceptors (Lipinski definition) is 4. The van der Waals surface area contributed by atoms with Crippen molar-refractivity contribution in [3.63, 3.8) is 0 Å². The van der Waals surface area contributed by atoms with E-state index in [0.29, 0.717) is 12.5 Å². The average Bonchev–Trinajstić information content (AvgIpc) is 2.38. The maximum absolute atomic E-state index is 10.3. The average molecular weight is 283 g/mol. The SMILES string of the molecule is COc1ccc(C)cc1C(O)CNCC(C)CSC. The fourth-order valence-corrected chi connectivity index (χ4v) is 2.72. The van der Waals surface area contributed by atoms with Gasteiger partial charge < -0.3 is 15.2 Å². The van der Waals surface area contributed by atoms with Gasteiger partial charge in [0.05, 0.1) is 13.2 Å². The molecule has 2 N–H and O–H groups in total. The van der Waals surface area contributed by atoms with Crippen LogP contribution in [0.4, 0.5) is 0 Å². The van der Waals surface area contributed by atoms with Crippen molar-refractivity contribution in [2.45, 2.75) is 20.0 Å². The molecule has 0 aliphatic heterocycles. The number of aliphatic hydroxyl groups is 1. The smallest absolute Gasteiger partial charge is 0.124 e. The van der Waals surface area contributed by atoms with Crippen LogP contribution in [0.15, 0.2) is 18.2 Å². The summed E-state index contributed by atoms with van der Waals surface area (Å²) >= 11 is 1.85. The minimum absolute atomic E-state index is 0.531. The highest BCUT2D eigenvalue weighted by atomic mass is 32.2. The summed E-state index contributed by atoms with van der Waals surface area (Å²) in [4.78, 5) is 0. The molecule has 1 aromatic carbocycles. The lowest BCUT2D eigenvalue weighted by Crippen LogP contribution is -2.27. The van der Waals surface area contributed by atoms with Crippen LogP contribution in [-0.4, -0.2) is 37.3 Å². The summed E-state index contributed by atoms with van der Waals surface area (Å²) in [5.41, 5.74) is 1.98. The van der Waals surface area contributed by atoms with Gasteiger partial charge in [0.25, 0.3) is 0 Å². The van der Waals surface area contributed by atoms with Crippen molar-refractivity contribution in [1.82, 2.24) is 5.32 Å². The molecule has 0 saturated heterocycles. The van der Waals surface area contributed by atoms with E-state index in [1.54, 1.807) is 7.11 Å². The Balaban J connectivity index is 2.53. The van der Waals surface area contributed by atoms with Crippen LogP contribution in [0.1, 0.15) is 24.2 Å². The van der Waals surface area contributed by atoms with Gasteiger partial charge in [-0.15, -0.1) is 0 Å². The van der Waals surface area contributed by atoms with E-state index in [9.17, 15) is 5.11 Å². The normalized spacial score (nSPS) is 14.2. The molecule has 0 bridgehead atoms. The molecule has 19 heavy (non-hydrogen) atoms. The largest absolute Gasteiger partial charge is 0.496 e. The molecule has 2 atom stereocenters. The quantitative estimate of drug-likeness (QED) is 0.769. The van der Waals surface area contributed by atoms with Gasteiger partial charge in [-0.2, -0.15) is 11.8 Å². The first-order chi connectivity index (χ1) is 9.08. The summed E-state index contributed by atoms with van der Waals surface area (Å²) in [6, 6.07) is 5.88. The van der Waals surface area contributed by atoms with Gasteiger partial charge in [-0.25, -0.2) is 0 Å². The van der Waals surface area contributed by atoms with Crippen molar-refractivity contribution in [2.24, 2.45) is 5.92 Å². The van der Waals surface area contributed by atoms with Crippen LogP contribution < -0.4 is 10.1 Å². The summed E-state index contributed by atoms with van der Waals surface area (Å²) in [5, 5.41) is 13.6. The third-order valence-corrected chi connectivity index (χ3v) is 3.93. The van der Waals surface area contributed by atoms with Crippen molar-refractivity contribution in [1.29, 1.82) is 0 Å². The second kappa shape index (κ2) is 8.46. The van der Waals surface area contributed by atoms with E-state index in [1.165, 1.54) is 0 Å². The number of aliphatic hydroxyl groups excluding tert-OH is 1. The summed E-state index contributed by atoms with van der Waals surface area (Å²) < 4.78 is 5.30. The van der Waals surface area contributed by atoms with E-state index >= 15 is 0 Å². The Morgan fingerprint density at radius 3 is 2.74 bits per heavy atom. The molecule has 0 aliphatic rings. The molecule has 0 aliphatic carbocycles. The van der Waals surface area contributed by atoms with Gasteiger partial charge in [-0.05, 0) is 43.5 Å². The molecule has 0 spiro atoms. The van der Waals surface area contributed by atoms with E-state index in [4.69, 9.17) is 4.74 Å². The lowest BCUT2D eigenvalue weighted by atomic mass is 10.0. The molecule has 0 fully saturated rings. The van der Waals surface area contributed by atoms with Crippen LogP contribution in [0.2, 0.25) is 0 Å². The number of nitrogens with one attached hydrogen (secondary N) is 1. The predicted octanol–water partition coefficient (Wildman–Crippen LogP) is 2.63. The molecule has 2 unspecified atom stereocenters. The maximum atomic E-state index is 10.3. The van der Waals surface area contributed by atoms with Gasteiger partial charge >= 0.3 is 0 Å². The molecule has 1 aromatic rings. The number of aryl methyl sites for hydroxylation is 1. The first-order valence-corrected chi connectivity index (χ1v) is 8.00. The van der Waals surface area contributed by atoms with Gasteiger partial charge in [0, 0.05) is 12.1 Å². The molecule has 0 radical (unpaired) electrons. The summed E-state index contributed by atoms with van der Waals surface area (Å²) in [6.45, 7) is 5.71. The number of benzene rings is 1. The number of methoxy groups -OCH3 is 1. The highest BCUT2D eigenvalue weighted by molar-refractivity contribution is 7.98. The first-order valence-electron chi connectivity index (χ1n) is 6.60. The summed E-state index contributed by atoms with van der Waals surface area (Å²) in [7, 11) is 1.63. The lowest BCUT2D eigenvalue weighted by molar-refractivity contribution is 0.169. The lowest BCUT2D eigenvalue weighted by Gasteiger charge is -2.17. The van der Waals surface area contributed by atoms with E-state index in [0.717, 1.165) is 29.2 Å². The molecule has 108 valence electrons. The van der Waals surface area contributed by atoms with Crippen molar-refractivity contribution >= 4 is 11.8 Å². The molecule has 4 heteroatoms. The molecule has 0 saturated carbocycles. The highest BCUT2D eigenvalue weighted by Gasteiger charge is 2.13. The Bertz CT molecular complexity index is 384. The minimum Gasteiger partial charge on any atom is -0.496 e. The Hall–Kier alpha value is -0.710. The van der Waals surface area contributed by atoms with Crippen LogP contribution in [0.5, 0.6) is 5.75 Å². The van der Waals surface area contributed by atoms with Gasteiger partial charge in [0.2, 0.25) is 0 Å². The third kappa shape index (κ3) is 5.43. The van der Waals surface area contributed by atoms with Gasteiger partial charge in [-0.1, -0.05) is 18.6 Å². The number of ether oxygens (including phenoxy) is 1. The van der Waals surface area contributed by atoms with Crippen LogP contribution in [0.3, 0.4) is 0 Å². The van der Waals surface area contributed by atoms with E-state index < -0.39 is 6.10 Å². The molecular weight excluding hydrogens is 258 g/mol. The minimum atomic E-state index is -0.531. The number of rotatable bonds is 8. The van der Waals surface area contributed by atoms with E-state index in [-0.39, 0.29) is 0 Å². The molecule has 0 heterocycles. The van der Waals surface area contributed by atoms with Crippen LogP contribution >= 0.6 is 11.8 Å². The van der Waals surface area contributed by atoms with E-state index in [1.807, 2.05) is 36.9 Å².